The summed E-state index contributed by atoms with van der Waals surface area (Å²) < 4.78 is 6.23. The molecule has 1 aromatic carbocycles. The molecule has 1 aromatic rings. The van der Waals surface area contributed by atoms with Gasteiger partial charge in [0, 0.05) is 8.04 Å². The van der Waals surface area contributed by atoms with E-state index in [9.17, 15) is 4.79 Å². The topological polar surface area (TPSA) is 50.1 Å². The van der Waals surface area contributed by atoms with Gasteiger partial charge in [-0.05, 0) is 56.2 Å². The van der Waals surface area contributed by atoms with Gasteiger partial charge < -0.3 is 4.74 Å². The highest BCUT2D eigenvalue weighted by Crippen LogP contribution is 2.25. The van der Waals surface area contributed by atoms with Crippen molar-refractivity contribution in [2.24, 2.45) is 0 Å². The van der Waals surface area contributed by atoms with Gasteiger partial charge >= 0.3 is 5.97 Å². The van der Waals surface area contributed by atoms with Crippen LogP contribution in [0.5, 0.6) is 0 Å². The number of methoxy groups -OCH3 is 1. The van der Waals surface area contributed by atoms with E-state index in [-0.39, 0.29) is 12.4 Å². The molecule has 0 radical (unpaired) electrons. The van der Waals surface area contributed by atoms with Crippen molar-refractivity contribution in [3.63, 3.8) is 0 Å². The lowest BCUT2D eigenvalue weighted by Crippen LogP contribution is -2.05. The fourth-order valence-corrected chi connectivity index (χ4v) is 2.08. The van der Waals surface area contributed by atoms with Crippen LogP contribution >= 0.6 is 38.5 Å². The van der Waals surface area contributed by atoms with Gasteiger partial charge in [0.2, 0.25) is 0 Å². The van der Waals surface area contributed by atoms with E-state index >= 15 is 0 Å². The summed E-state index contributed by atoms with van der Waals surface area (Å²) >= 11 is 5.42. The first-order valence-electron chi connectivity index (χ1n) is 4.03. The molecule has 0 heterocycles. The third kappa shape index (κ3) is 3.18. The van der Waals surface area contributed by atoms with Gasteiger partial charge in [0.1, 0.15) is 6.07 Å². The molecule has 0 saturated heterocycles. The number of hydrogen-bond donors (Lipinski definition) is 0. The Bertz CT molecular complexity index is 440. The van der Waals surface area contributed by atoms with E-state index in [1.165, 1.54) is 7.11 Å². The van der Waals surface area contributed by atoms with Crippen molar-refractivity contribution in [1.29, 1.82) is 5.26 Å². The maximum Gasteiger partial charge on any atom is 0.309 e. The molecule has 0 aliphatic carbocycles. The monoisotopic (exact) mass is 379 g/mol. The summed E-state index contributed by atoms with van der Waals surface area (Å²) in [6.45, 7) is 0. The van der Waals surface area contributed by atoms with E-state index in [4.69, 9.17) is 5.26 Å². The van der Waals surface area contributed by atoms with Crippen LogP contribution in [0, 0.1) is 14.9 Å². The third-order valence-corrected chi connectivity index (χ3v) is 4.23. The van der Waals surface area contributed by atoms with E-state index in [0.29, 0.717) is 5.56 Å². The van der Waals surface area contributed by atoms with E-state index in [0.717, 1.165) is 13.6 Å². The van der Waals surface area contributed by atoms with Crippen molar-refractivity contribution in [2.75, 3.05) is 7.11 Å². The fraction of sp³-hybridized carbons (Fsp3) is 0.200. The normalized spacial score (nSPS) is 9.47. The highest BCUT2D eigenvalue weighted by Gasteiger charge is 2.09. The minimum absolute atomic E-state index is 0.189. The van der Waals surface area contributed by atoms with Crippen LogP contribution in [0.3, 0.4) is 0 Å². The number of carbonyl (C=O) groups is 1. The maximum atomic E-state index is 11.1. The Kier molecular flexibility index (Phi) is 4.54. The van der Waals surface area contributed by atoms with Crippen molar-refractivity contribution in [2.45, 2.75) is 6.42 Å². The number of rotatable bonds is 2. The molecule has 1 rings (SSSR count). The zero-order valence-electron chi connectivity index (χ0n) is 7.88. The second-order valence-electron chi connectivity index (χ2n) is 2.80. The first-order chi connectivity index (χ1) is 7.08. The maximum absolute atomic E-state index is 11.1. The Morgan fingerprint density at radius 1 is 1.67 bits per heavy atom. The summed E-state index contributed by atoms with van der Waals surface area (Å²) in [4.78, 5) is 11.1. The molecule has 0 aliphatic rings. The summed E-state index contributed by atoms with van der Waals surface area (Å²) in [5, 5.41) is 8.86. The van der Waals surface area contributed by atoms with Crippen LogP contribution in [0.4, 0.5) is 0 Å². The van der Waals surface area contributed by atoms with Crippen molar-refractivity contribution < 1.29 is 9.53 Å². The predicted molar refractivity (Wildman–Crippen MR) is 67.3 cm³/mol. The molecular formula is C10H7BrINO2. The Labute approximate surface area is 110 Å². The highest BCUT2D eigenvalue weighted by atomic mass is 127. The van der Waals surface area contributed by atoms with Gasteiger partial charge in [-0.25, -0.2) is 0 Å². The number of hydrogen-bond acceptors (Lipinski definition) is 3. The quantitative estimate of drug-likeness (QED) is 0.586. The Morgan fingerprint density at radius 3 is 2.87 bits per heavy atom. The number of nitriles is 1. The van der Waals surface area contributed by atoms with Crippen LogP contribution in [-0.2, 0) is 16.0 Å². The third-order valence-electron chi connectivity index (χ3n) is 1.78. The van der Waals surface area contributed by atoms with Crippen LogP contribution in [0.2, 0.25) is 0 Å². The first kappa shape index (κ1) is 12.5. The molecule has 15 heavy (non-hydrogen) atoms. The molecule has 0 atom stereocenters. The molecule has 5 heteroatoms. The largest absolute Gasteiger partial charge is 0.469 e. The molecule has 0 fully saturated rings. The second-order valence-corrected chi connectivity index (χ2v) is 4.76. The summed E-state index contributed by atoms with van der Waals surface area (Å²) in [5.41, 5.74) is 1.31. The molecule has 0 bridgehead atoms. The Morgan fingerprint density at radius 2 is 2.33 bits per heavy atom. The molecule has 0 aromatic heterocycles. The van der Waals surface area contributed by atoms with Crippen LogP contribution in [0.15, 0.2) is 16.6 Å². The molecular weight excluding hydrogens is 373 g/mol. The van der Waals surface area contributed by atoms with Crippen molar-refractivity contribution in [3.05, 3.63) is 31.3 Å². The van der Waals surface area contributed by atoms with Crippen LogP contribution in [-0.4, -0.2) is 13.1 Å². The van der Waals surface area contributed by atoms with Crippen LogP contribution in [0.25, 0.3) is 0 Å². The van der Waals surface area contributed by atoms with Gasteiger partial charge in [-0.15, -0.1) is 0 Å². The fourth-order valence-electron chi connectivity index (χ4n) is 1.07. The summed E-state index contributed by atoms with van der Waals surface area (Å²) in [7, 11) is 1.34. The molecule has 0 unspecified atom stereocenters. The van der Waals surface area contributed by atoms with Crippen molar-refractivity contribution in [3.8, 4) is 6.07 Å². The number of halogens is 2. The van der Waals surface area contributed by atoms with Gasteiger partial charge in [-0.1, -0.05) is 0 Å². The Balaban J connectivity index is 3.07. The lowest BCUT2D eigenvalue weighted by atomic mass is 10.1. The average molecular weight is 380 g/mol. The summed E-state index contributed by atoms with van der Waals surface area (Å²) in [5.74, 6) is -0.308. The van der Waals surface area contributed by atoms with E-state index < -0.39 is 0 Å². The second kappa shape index (κ2) is 5.47. The van der Waals surface area contributed by atoms with Gasteiger partial charge in [0.25, 0.3) is 0 Å². The molecule has 3 nitrogen and oxygen atoms in total. The minimum Gasteiger partial charge on any atom is -0.469 e. The Hall–Kier alpha value is -0.610. The molecule has 0 saturated carbocycles. The van der Waals surface area contributed by atoms with Gasteiger partial charge in [0.05, 0.1) is 19.1 Å². The molecule has 0 aliphatic heterocycles. The highest BCUT2D eigenvalue weighted by molar-refractivity contribution is 14.1. The lowest BCUT2D eigenvalue weighted by molar-refractivity contribution is -0.139. The van der Waals surface area contributed by atoms with Crippen LogP contribution < -0.4 is 0 Å². The van der Waals surface area contributed by atoms with E-state index in [2.05, 4.69) is 49.3 Å². The minimum atomic E-state index is -0.308. The van der Waals surface area contributed by atoms with E-state index in [1.807, 2.05) is 6.07 Å². The smallest absolute Gasteiger partial charge is 0.309 e. The van der Waals surface area contributed by atoms with Gasteiger partial charge in [-0.3, -0.25) is 4.79 Å². The number of carbonyl (C=O) groups excluding carboxylic acids is 1. The molecule has 0 N–H and O–H groups in total. The zero-order valence-corrected chi connectivity index (χ0v) is 11.6. The summed E-state index contributed by atoms with van der Waals surface area (Å²) in [6.07, 6.45) is 0.189. The number of ether oxygens (including phenoxy) is 1. The number of esters is 1. The number of nitrogens with zero attached hydrogens (tertiary/aromatic N) is 1. The van der Waals surface area contributed by atoms with E-state index in [1.54, 1.807) is 6.07 Å². The number of benzene rings is 1. The van der Waals surface area contributed by atoms with Crippen molar-refractivity contribution >= 4 is 44.5 Å². The van der Waals surface area contributed by atoms with Crippen molar-refractivity contribution in [1.82, 2.24) is 0 Å². The SMILES string of the molecule is COC(=O)Cc1cc(I)c(Br)c(C#N)c1. The summed E-state index contributed by atoms with van der Waals surface area (Å²) in [6, 6.07) is 5.60. The first-order valence-corrected chi connectivity index (χ1v) is 5.90. The molecule has 0 amide bonds. The molecule has 0 spiro atoms. The predicted octanol–water partition coefficient (Wildman–Crippen LogP) is 2.64. The lowest BCUT2D eigenvalue weighted by Gasteiger charge is -2.04. The zero-order chi connectivity index (χ0) is 11.4. The molecule has 78 valence electrons. The van der Waals surface area contributed by atoms with Gasteiger partial charge in [0.15, 0.2) is 0 Å². The van der Waals surface area contributed by atoms with Crippen LogP contribution in [0.1, 0.15) is 11.1 Å². The van der Waals surface area contributed by atoms with Gasteiger partial charge in [-0.2, -0.15) is 5.26 Å². The standard InChI is InChI=1S/C10H7BrINO2/c1-15-9(14)4-6-2-7(5-13)10(11)8(12)3-6/h2-3H,4H2,1H3. The average Bonchev–Trinajstić information content (AvgIpc) is 2.22.